The second-order valence-corrected chi connectivity index (χ2v) is 7.59. The number of nitrogens with one attached hydrogen (secondary N) is 1. The summed E-state index contributed by atoms with van der Waals surface area (Å²) in [5.74, 6) is 0.519. The van der Waals surface area contributed by atoms with Crippen LogP contribution >= 0.6 is 11.3 Å². The van der Waals surface area contributed by atoms with Crippen molar-refractivity contribution in [3.05, 3.63) is 40.4 Å². The molecule has 140 valence electrons. The molecule has 1 fully saturated rings. The minimum Gasteiger partial charge on any atom is -0.496 e. The molecule has 3 rings (SSSR count). The monoisotopic (exact) mass is 375 g/mol. The summed E-state index contributed by atoms with van der Waals surface area (Å²) >= 11 is 1.44. The first-order chi connectivity index (χ1) is 12.4. The van der Waals surface area contributed by atoms with E-state index in [2.05, 4.69) is 29.0 Å². The number of methoxy groups -OCH3 is 1. The maximum absolute atomic E-state index is 12.5. The van der Waals surface area contributed by atoms with Gasteiger partial charge in [0, 0.05) is 30.6 Å². The van der Waals surface area contributed by atoms with Gasteiger partial charge in [0.1, 0.15) is 5.75 Å². The zero-order valence-corrected chi connectivity index (χ0v) is 16.4. The molecule has 0 radical (unpaired) electrons. The highest BCUT2D eigenvalue weighted by molar-refractivity contribution is 7.13. The average Bonchev–Trinajstić information content (AvgIpc) is 3.01. The molecule has 7 heteroatoms. The maximum Gasteiger partial charge on any atom is 0.257 e. The molecule has 1 aliphatic rings. The summed E-state index contributed by atoms with van der Waals surface area (Å²) in [6, 6.07) is 5.41. The van der Waals surface area contributed by atoms with Crippen molar-refractivity contribution in [2.45, 2.75) is 39.5 Å². The highest BCUT2D eigenvalue weighted by Gasteiger charge is 2.22. The molecule has 0 unspecified atom stereocenters. The Morgan fingerprint density at radius 1 is 1.38 bits per heavy atom. The van der Waals surface area contributed by atoms with Crippen molar-refractivity contribution in [1.29, 1.82) is 0 Å². The van der Waals surface area contributed by atoms with Gasteiger partial charge < -0.3 is 9.47 Å². The second kappa shape index (κ2) is 8.16. The number of ether oxygens (including phenoxy) is 2. The lowest BCUT2D eigenvalue weighted by Crippen LogP contribution is -2.44. The number of morpholine rings is 1. The molecule has 2 heterocycles. The average molecular weight is 375 g/mol. The Morgan fingerprint density at radius 3 is 2.81 bits per heavy atom. The van der Waals surface area contributed by atoms with Crippen LogP contribution in [0.5, 0.6) is 5.75 Å². The van der Waals surface area contributed by atoms with Crippen molar-refractivity contribution in [2.24, 2.45) is 0 Å². The van der Waals surface area contributed by atoms with E-state index >= 15 is 0 Å². The minimum absolute atomic E-state index is 0.183. The fourth-order valence-electron chi connectivity index (χ4n) is 3.21. The SMILES string of the molecule is COc1cc(C(=O)Nc2nc(CN3C[C@H](C)O[C@@H](C)C3)cs2)ccc1C. The van der Waals surface area contributed by atoms with Gasteiger partial charge in [-0.2, -0.15) is 0 Å². The molecule has 6 nitrogen and oxygen atoms in total. The molecule has 26 heavy (non-hydrogen) atoms. The van der Waals surface area contributed by atoms with E-state index < -0.39 is 0 Å². The molecule has 1 N–H and O–H groups in total. The molecule has 2 atom stereocenters. The fourth-order valence-corrected chi connectivity index (χ4v) is 3.91. The Morgan fingerprint density at radius 2 is 2.12 bits per heavy atom. The van der Waals surface area contributed by atoms with Crippen molar-refractivity contribution in [3.8, 4) is 5.75 Å². The number of anilines is 1. The van der Waals surface area contributed by atoms with Crippen molar-refractivity contribution < 1.29 is 14.3 Å². The van der Waals surface area contributed by atoms with Crippen LogP contribution in [0.1, 0.15) is 35.5 Å². The Labute approximate surface area is 158 Å². The van der Waals surface area contributed by atoms with Gasteiger partial charge in [0.2, 0.25) is 0 Å². The second-order valence-electron chi connectivity index (χ2n) is 6.73. The van der Waals surface area contributed by atoms with Crippen LogP contribution in [0.4, 0.5) is 5.13 Å². The van der Waals surface area contributed by atoms with E-state index in [1.165, 1.54) is 11.3 Å². The van der Waals surface area contributed by atoms with E-state index in [4.69, 9.17) is 9.47 Å². The van der Waals surface area contributed by atoms with Gasteiger partial charge in [0.05, 0.1) is 25.0 Å². The first-order valence-corrected chi connectivity index (χ1v) is 9.60. The Hall–Kier alpha value is -1.96. The molecular weight excluding hydrogens is 350 g/mol. The first-order valence-electron chi connectivity index (χ1n) is 8.73. The highest BCUT2D eigenvalue weighted by atomic mass is 32.1. The summed E-state index contributed by atoms with van der Waals surface area (Å²) < 4.78 is 11.0. The number of nitrogens with zero attached hydrogens (tertiary/aromatic N) is 2. The summed E-state index contributed by atoms with van der Waals surface area (Å²) in [7, 11) is 1.60. The summed E-state index contributed by atoms with van der Waals surface area (Å²) in [6.45, 7) is 8.68. The van der Waals surface area contributed by atoms with Gasteiger partial charge in [-0.1, -0.05) is 6.07 Å². The summed E-state index contributed by atoms with van der Waals surface area (Å²) in [5, 5.41) is 5.48. The highest BCUT2D eigenvalue weighted by Crippen LogP contribution is 2.22. The van der Waals surface area contributed by atoms with Crippen LogP contribution in [0.25, 0.3) is 0 Å². The van der Waals surface area contributed by atoms with Gasteiger partial charge in [-0.25, -0.2) is 4.98 Å². The topological polar surface area (TPSA) is 63.7 Å². The predicted octanol–water partition coefficient (Wildman–Crippen LogP) is 3.32. The standard InChI is InChI=1S/C19H25N3O3S/c1-12-5-6-15(7-17(12)24-4)18(23)21-19-20-16(11-26-19)10-22-8-13(2)25-14(3)9-22/h5-7,11,13-14H,8-10H2,1-4H3,(H,20,21,23)/t13-,14-/m0/s1. The van der Waals surface area contributed by atoms with Crippen LogP contribution in [-0.4, -0.2) is 48.2 Å². The van der Waals surface area contributed by atoms with Crippen molar-refractivity contribution in [3.63, 3.8) is 0 Å². The van der Waals surface area contributed by atoms with Crippen molar-refractivity contribution >= 4 is 22.4 Å². The number of aryl methyl sites for hydroxylation is 1. The van der Waals surface area contributed by atoms with E-state index in [9.17, 15) is 4.79 Å². The van der Waals surface area contributed by atoms with Gasteiger partial charge in [-0.05, 0) is 38.5 Å². The van der Waals surface area contributed by atoms with Gasteiger partial charge >= 0.3 is 0 Å². The zero-order valence-electron chi connectivity index (χ0n) is 15.6. The predicted molar refractivity (Wildman–Crippen MR) is 103 cm³/mol. The molecule has 0 bridgehead atoms. The quantitative estimate of drug-likeness (QED) is 0.869. The van der Waals surface area contributed by atoms with Gasteiger partial charge in [-0.15, -0.1) is 11.3 Å². The lowest BCUT2D eigenvalue weighted by atomic mass is 10.1. The normalized spacial score (nSPS) is 20.8. The fraction of sp³-hybridized carbons (Fsp3) is 0.474. The van der Waals surface area contributed by atoms with E-state index in [0.29, 0.717) is 16.4 Å². The number of hydrogen-bond acceptors (Lipinski definition) is 6. The number of aromatic nitrogens is 1. The summed E-state index contributed by atoms with van der Waals surface area (Å²) in [5.41, 5.74) is 2.52. The number of hydrogen-bond donors (Lipinski definition) is 1. The number of benzene rings is 1. The number of rotatable bonds is 5. The molecule has 0 spiro atoms. The lowest BCUT2D eigenvalue weighted by molar-refractivity contribution is -0.0707. The number of carbonyl (C=O) groups is 1. The third kappa shape index (κ3) is 4.60. The minimum atomic E-state index is -0.183. The molecule has 1 aromatic heterocycles. The van der Waals surface area contributed by atoms with Crippen LogP contribution in [0.15, 0.2) is 23.6 Å². The van der Waals surface area contributed by atoms with Gasteiger partial charge in [0.15, 0.2) is 5.13 Å². The zero-order chi connectivity index (χ0) is 18.7. The molecule has 1 saturated heterocycles. The molecule has 1 amide bonds. The number of carbonyl (C=O) groups excluding carboxylic acids is 1. The van der Waals surface area contributed by atoms with Crippen LogP contribution < -0.4 is 10.1 Å². The third-order valence-electron chi connectivity index (χ3n) is 4.32. The molecule has 0 saturated carbocycles. The molecule has 1 aromatic carbocycles. The van der Waals surface area contributed by atoms with Crippen LogP contribution in [0, 0.1) is 6.92 Å². The largest absolute Gasteiger partial charge is 0.496 e. The van der Waals surface area contributed by atoms with Crippen LogP contribution in [0.2, 0.25) is 0 Å². The van der Waals surface area contributed by atoms with E-state index in [0.717, 1.165) is 30.9 Å². The summed E-state index contributed by atoms with van der Waals surface area (Å²) in [6.07, 6.45) is 0.459. The van der Waals surface area contributed by atoms with E-state index in [1.54, 1.807) is 19.2 Å². The lowest BCUT2D eigenvalue weighted by Gasteiger charge is -2.34. The first kappa shape index (κ1) is 18.8. The van der Waals surface area contributed by atoms with Crippen molar-refractivity contribution in [2.75, 3.05) is 25.5 Å². The van der Waals surface area contributed by atoms with E-state index in [-0.39, 0.29) is 18.1 Å². The smallest absolute Gasteiger partial charge is 0.257 e. The van der Waals surface area contributed by atoms with Crippen LogP contribution in [0.3, 0.4) is 0 Å². The number of amides is 1. The van der Waals surface area contributed by atoms with E-state index in [1.807, 2.05) is 18.4 Å². The van der Waals surface area contributed by atoms with Crippen LogP contribution in [-0.2, 0) is 11.3 Å². The Kier molecular flexibility index (Phi) is 5.90. The maximum atomic E-state index is 12.5. The molecular formula is C19H25N3O3S. The molecule has 1 aliphatic heterocycles. The van der Waals surface area contributed by atoms with Crippen molar-refractivity contribution in [1.82, 2.24) is 9.88 Å². The number of thiazole rings is 1. The van der Waals surface area contributed by atoms with Gasteiger partial charge in [-0.3, -0.25) is 15.0 Å². The summed E-state index contributed by atoms with van der Waals surface area (Å²) in [4.78, 5) is 19.3. The molecule has 2 aromatic rings. The third-order valence-corrected chi connectivity index (χ3v) is 5.13. The Bertz CT molecular complexity index is 767. The molecule has 0 aliphatic carbocycles. The Balaban J connectivity index is 1.62. The van der Waals surface area contributed by atoms with Gasteiger partial charge in [0.25, 0.3) is 5.91 Å².